The number of benzene rings is 2. The number of rotatable bonds is 7. The number of anilines is 1. The van der Waals surface area contributed by atoms with Crippen LogP contribution in [-0.2, 0) is 4.79 Å². The minimum atomic E-state index is -2.87. The predicted octanol–water partition coefficient (Wildman–Crippen LogP) is 4.78. The van der Waals surface area contributed by atoms with Crippen molar-refractivity contribution in [3.8, 4) is 11.5 Å². The fourth-order valence-electron chi connectivity index (χ4n) is 2.34. The van der Waals surface area contributed by atoms with Crippen LogP contribution >= 0.6 is 23.5 Å². The van der Waals surface area contributed by atoms with Crippen molar-refractivity contribution < 1.29 is 23.0 Å². The summed E-state index contributed by atoms with van der Waals surface area (Å²) in [6.07, 6.45) is 0. The van der Waals surface area contributed by atoms with Crippen molar-refractivity contribution in [3.05, 3.63) is 54.1 Å². The van der Waals surface area contributed by atoms with Crippen molar-refractivity contribution in [2.24, 2.45) is 0 Å². The Morgan fingerprint density at radius 1 is 1.04 bits per heavy atom. The topological polar surface area (TPSA) is 47.6 Å². The summed E-state index contributed by atoms with van der Waals surface area (Å²) in [7, 11) is 0. The number of ether oxygens (including phenoxy) is 2. The summed E-state index contributed by atoms with van der Waals surface area (Å²) in [6, 6.07) is 13.5. The fraction of sp³-hybridized carbons (Fsp3) is 0.278. The number of hydrogen-bond donors (Lipinski definition) is 1. The Hall–Kier alpha value is -1.93. The number of thioether (sulfide) groups is 2. The molecule has 2 aromatic carbocycles. The molecule has 1 N–H and O–H groups in total. The van der Waals surface area contributed by atoms with Gasteiger partial charge in [0.1, 0.15) is 11.5 Å². The Morgan fingerprint density at radius 2 is 1.65 bits per heavy atom. The molecule has 0 radical (unpaired) electrons. The fourth-order valence-corrected chi connectivity index (χ4v) is 5.20. The van der Waals surface area contributed by atoms with Crippen molar-refractivity contribution in [2.75, 3.05) is 23.4 Å². The minimum Gasteiger partial charge on any atom is -0.484 e. The number of halogens is 2. The highest BCUT2D eigenvalue weighted by Gasteiger charge is 2.18. The van der Waals surface area contributed by atoms with Crippen LogP contribution in [0.1, 0.15) is 10.1 Å². The van der Waals surface area contributed by atoms with Gasteiger partial charge in [0.2, 0.25) is 0 Å². The normalized spacial score (nSPS) is 14.4. The molecule has 0 spiro atoms. The van der Waals surface area contributed by atoms with E-state index in [1.165, 1.54) is 41.3 Å². The highest BCUT2D eigenvalue weighted by molar-refractivity contribution is 8.19. The van der Waals surface area contributed by atoms with E-state index in [2.05, 4.69) is 10.1 Å². The third-order valence-electron chi connectivity index (χ3n) is 3.51. The van der Waals surface area contributed by atoms with Crippen LogP contribution in [0.3, 0.4) is 0 Å². The molecule has 3 rings (SSSR count). The number of carbonyl (C=O) groups is 1. The van der Waals surface area contributed by atoms with Crippen LogP contribution in [0.2, 0.25) is 0 Å². The van der Waals surface area contributed by atoms with Gasteiger partial charge < -0.3 is 14.8 Å². The number of nitrogens with one attached hydrogen (secondary N) is 1. The first-order chi connectivity index (χ1) is 12.6. The Kier molecular flexibility index (Phi) is 6.62. The molecule has 0 saturated carbocycles. The van der Waals surface area contributed by atoms with Crippen LogP contribution in [0, 0.1) is 0 Å². The SMILES string of the molecule is O=C(COc1ccc(C2SCCS2)cc1)Nc1ccc(OC(F)F)cc1. The van der Waals surface area contributed by atoms with Crippen LogP contribution in [0.4, 0.5) is 14.5 Å². The quantitative estimate of drug-likeness (QED) is 0.728. The summed E-state index contributed by atoms with van der Waals surface area (Å²) >= 11 is 3.86. The highest BCUT2D eigenvalue weighted by Crippen LogP contribution is 2.45. The standard InChI is InChI=1S/C18H17F2NO3S2/c19-18(20)24-15-7-3-13(4-8-15)21-16(22)11-23-14-5-1-12(2-6-14)17-25-9-10-26-17/h1-8,17-18H,9-11H2,(H,21,22). The number of amides is 1. The minimum absolute atomic E-state index is 0.0351. The van der Waals surface area contributed by atoms with E-state index in [0.29, 0.717) is 16.0 Å². The van der Waals surface area contributed by atoms with Gasteiger partial charge in [0.05, 0.1) is 4.58 Å². The van der Waals surface area contributed by atoms with Gasteiger partial charge in [-0.1, -0.05) is 12.1 Å². The first-order valence-electron chi connectivity index (χ1n) is 7.91. The summed E-state index contributed by atoms with van der Waals surface area (Å²) in [4.78, 5) is 11.9. The van der Waals surface area contributed by atoms with Gasteiger partial charge in [-0.05, 0) is 42.0 Å². The number of carbonyl (C=O) groups excluding carboxylic acids is 1. The van der Waals surface area contributed by atoms with Crippen LogP contribution in [0.5, 0.6) is 11.5 Å². The lowest BCUT2D eigenvalue weighted by atomic mass is 10.2. The summed E-state index contributed by atoms with van der Waals surface area (Å²) < 4.78 is 34.4. The van der Waals surface area contributed by atoms with E-state index in [-0.39, 0.29) is 18.3 Å². The largest absolute Gasteiger partial charge is 0.484 e. The molecule has 0 aliphatic carbocycles. The zero-order valence-electron chi connectivity index (χ0n) is 13.7. The molecule has 2 aromatic rings. The van der Waals surface area contributed by atoms with E-state index in [0.717, 1.165) is 0 Å². The lowest BCUT2D eigenvalue weighted by Gasteiger charge is -2.11. The first-order valence-corrected chi connectivity index (χ1v) is 10.0. The van der Waals surface area contributed by atoms with E-state index in [9.17, 15) is 13.6 Å². The van der Waals surface area contributed by atoms with E-state index < -0.39 is 6.61 Å². The maximum Gasteiger partial charge on any atom is 0.387 e. The van der Waals surface area contributed by atoms with Crippen molar-refractivity contribution in [1.82, 2.24) is 0 Å². The maximum atomic E-state index is 12.1. The van der Waals surface area contributed by atoms with Crippen LogP contribution in [0.15, 0.2) is 48.5 Å². The zero-order chi connectivity index (χ0) is 18.4. The third-order valence-corrected chi connectivity index (χ3v) is 6.61. The molecule has 0 aromatic heterocycles. The second-order valence-corrected chi connectivity index (χ2v) is 8.11. The molecule has 1 heterocycles. The second kappa shape index (κ2) is 9.14. The van der Waals surface area contributed by atoms with Crippen LogP contribution < -0.4 is 14.8 Å². The van der Waals surface area contributed by atoms with E-state index >= 15 is 0 Å². The molecule has 1 aliphatic rings. The molecule has 0 unspecified atom stereocenters. The second-order valence-electron chi connectivity index (χ2n) is 5.38. The summed E-state index contributed by atoms with van der Waals surface area (Å²) in [5.74, 6) is 2.66. The Morgan fingerprint density at radius 3 is 2.27 bits per heavy atom. The predicted molar refractivity (Wildman–Crippen MR) is 101 cm³/mol. The molecule has 1 fully saturated rings. The summed E-state index contributed by atoms with van der Waals surface area (Å²) in [5.41, 5.74) is 1.73. The zero-order valence-corrected chi connectivity index (χ0v) is 15.3. The molecular formula is C18H17F2NO3S2. The molecular weight excluding hydrogens is 380 g/mol. The highest BCUT2D eigenvalue weighted by atomic mass is 32.2. The van der Waals surface area contributed by atoms with E-state index in [1.807, 2.05) is 47.8 Å². The molecule has 0 atom stereocenters. The molecule has 1 amide bonds. The third kappa shape index (κ3) is 5.54. The lowest BCUT2D eigenvalue weighted by Crippen LogP contribution is -2.20. The number of hydrogen-bond acceptors (Lipinski definition) is 5. The monoisotopic (exact) mass is 397 g/mol. The lowest BCUT2D eigenvalue weighted by molar-refractivity contribution is -0.118. The van der Waals surface area contributed by atoms with Crippen molar-refractivity contribution in [1.29, 1.82) is 0 Å². The van der Waals surface area contributed by atoms with Gasteiger partial charge in [-0.2, -0.15) is 8.78 Å². The van der Waals surface area contributed by atoms with Gasteiger partial charge >= 0.3 is 6.61 Å². The molecule has 8 heteroatoms. The molecule has 1 aliphatic heterocycles. The Balaban J connectivity index is 1.46. The molecule has 0 bridgehead atoms. The summed E-state index contributed by atoms with van der Waals surface area (Å²) in [5, 5.41) is 2.64. The smallest absolute Gasteiger partial charge is 0.387 e. The van der Waals surface area contributed by atoms with Crippen LogP contribution in [0.25, 0.3) is 0 Å². The Labute approximate surface area is 158 Å². The molecule has 4 nitrogen and oxygen atoms in total. The maximum absolute atomic E-state index is 12.1. The number of alkyl halides is 2. The van der Waals surface area contributed by atoms with Gasteiger partial charge in [0, 0.05) is 17.2 Å². The van der Waals surface area contributed by atoms with Gasteiger partial charge in [-0.3, -0.25) is 4.79 Å². The van der Waals surface area contributed by atoms with Gasteiger partial charge in [-0.15, -0.1) is 23.5 Å². The molecule has 138 valence electrons. The average Bonchev–Trinajstić information content (AvgIpc) is 3.16. The van der Waals surface area contributed by atoms with Gasteiger partial charge in [-0.25, -0.2) is 0 Å². The van der Waals surface area contributed by atoms with E-state index in [1.54, 1.807) is 0 Å². The van der Waals surface area contributed by atoms with Crippen molar-refractivity contribution >= 4 is 35.1 Å². The Bertz CT molecular complexity index is 720. The van der Waals surface area contributed by atoms with Crippen molar-refractivity contribution in [2.45, 2.75) is 11.2 Å². The van der Waals surface area contributed by atoms with Gasteiger partial charge in [0.25, 0.3) is 5.91 Å². The van der Waals surface area contributed by atoms with Crippen LogP contribution in [-0.4, -0.2) is 30.6 Å². The van der Waals surface area contributed by atoms with Gasteiger partial charge in [0.15, 0.2) is 6.61 Å². The first kappa shape index (κ1) is 18.8. The average molecular weight is 397 g/mol. The van der Waals surface area contributed by atoms with Crippen molar-refractivity contribution in [3.63, 3.8) is 0 Å². The van der Waals surface area contributed by atoms with E-state index in [4.69, 9.17) is 4.74 Å². The summed E-state index contributed by atoms with van der Waals surface area (Å²) in [6.45, 7) is -3.01. The molecule has 26 heavy (non-hydrogen) atoms. The molecule has 1 saturated heterocycles.